The Morgan fingerprint density at radius 3 is 2.52 bits per heavy atom. The highest BCUT2D eigenvalue weighted by atomic mass is 32.2. The number of nitrogens with zero attached hydrogens (tertiary/aromatic N) is 1. The minimum absolute atomic E-state index is 0.198. The van der Waals surface area contributed by atoms with E-state index in [4.69, 9.17) is 0 Å². The van der Waals surface area contributed by atoms with Crippen molar-refractivity contribution < 1.29 is 13.2 Å². The minimum Gasteiger partial charge on any atom is -0.322 e. The van der Waals surface area contributed by atoms with Crippen LogP contribution in [0.25, 0.3) is 0 Å². The second kappa shape index (κ2) is 7.09. The van der Waals surface area contributed by atoms with Crippen LogP contribution in [0.4, 0.5) is 11.4 Å². The number of hydrogen-bond donors (Lipinski definition) is 1. The molecule has 0 aromatic heterocycles. The standard InChI is InChI=1S/C18H20N2O3S2/c1-24-16-8-6-15(7-9-16)19-18(21)14-5-10-17-13(12-14)4-3-11-20(17)25(2,22)23/h5-10,12H,3-4,11H2,1-2H3,(H,19,21). The number of thioether (sulfide) groups is 1. The summed E-state index contributed by atoms with van der Waals surface area (Å²) in [6.45, 7) is 0.485. The molecule has 132 valence electrons. The summed E-state index contributed by atoms with van der Waals surface area (Å²) in [5.41, 5.74) is 2.83. The van der Waals surface area contributed by atoms with E-state index in [1.54, 1.807) is 30.0 Å². The van der Waals surface area contributed by atoms with Gasteiger partial charge in [-0.2, -0.15) is 0 Å². The van der Waals surface area contributed by atoms with Crippen LogP contribution in [0.15, 0.2) is 47.4 Å². The van der Waals surface area contributed by atoms with E-state index in [0.717, 1.165) is 29.0 Å². The van der Waals surface area contributed by atoms with Crippen LogP contribution >= 0.6 is 11.8 Å². The van der Waals surface area contributed by atoms with E-state index in [2.05, 4.69) is 5.32 Å². The summed E-state index contributed by atoms with van der Waals surface area (Å²) < 4.78 is 25.2. The first-order valence-corrected chi connectivity index (χ1v) is 11.0. The van der Waals surface area contributed by atoms with Gasteiger partial charge < -0.3 is 5.32 Å². The highest BCUT2D eigenvalue weighted by molar-refractivity contribution is 7.98. The van der Waals surface area contributed by atoms with E-state index in [0.29, 0.717) is 17.8 Å². The van der Waals surface area contributed by atoms with Crippen LogP contribution in [-0.2, 0) is 16.4 Å². The number of hydrogen-bond acceptors (Lipinski definition) is 4. The van der Waals surface area contributed by atoms with Crippen LogP contribution < -0.4 is 9.62 Å². The van der Waals surface area contributed by atoms with Gasteiger partial charge in [0, 0.05) is 22.7 Å². The second-order valence-electron chi connectivity index (χ2n) is 5.96. The van der Waals surface area contributed by atoms with Crippen LogP contribution in [0.5, 0.6) is 0 Å². The Labute approximate surface area is 152 Å². The number of aryl methyl sites for hydroxylation is 1. The van der Waals surface area contributed by atoms with Gasteiger partial charge in [0.05, 0.1) is 11.9 Å². The summed E-state index contributed by atoms with van der Waals surface area (Å²) in [4.78, 5) is 13.6. The molecule has 3 rings (SSSR count). The highest BCUT2D eigenvalue weighted by Crippen LogP contribution is 2.30. The van der Waals surface area contributed by atoms with Crippen molar-refractivity contribution in [3.63, 3.8) is 0 Å². The molecule has 0 saturated heterocycles. The maximum Gasteiger partial charge on any atom is 0.255 e. The topological polar surface area (TPSA) is 66.5 Å². The highest BCUT2D eigenvalue weighted by Gasteiger charge is 2.24. The molecule has 1 heterocycles. The largest absolute Gasteiger partial charge is 0.322 e. The molecule has 0 spiro atoms. The lowest BCUT2D eigenvalue weighted by molar-refractivity contribution is 0.102. The molecule has 1 N–H and O–H groups in total. The van der Waals surface area contributed by atoms with E-state index in [-0.39, 0.29) is 5.91 Å². The van der Waals surface area contributed by atoms with E-state index in [1.165, 1.54) is 10.6 Å². The predicted molar refractivity (Wildman–Crippen MR) is 103 cm³/mol. The van der Waals surface area contributed by atoms with Crippen molar-refractivity contribution >= 4 is 39.1 Å². The molecule has 2 aromatic carbocycles. The van der Waals surface area contributed by atoms with Crippen molar-refractivity contribution in [2.45, 2.75) is 17.7 Å². The van der Waals surface area contributed by atoms with Crippen molar-refractivity contribution in [3.05, 3.63) is 53.6 Å². The maximum absolute atomic E-state index is 12.5. The number of carbonyl (C=O) groups excluding carboxylic acids is 1. The summed E-state index contributed by atoms with van der Waals surface area (Å²) in [5, 5.41) is 2.88. The monoisotopic (exact) mass is 376 g/mol. The smallest absolute Gasteiger partial charge is 0.255 e. The van der Waals surface area contributed by atoms with Crippen molar-refractivity contribution in [2.24, 2.45) is 0 Å². The fourth-order valence-electron chi connectivity index (χ4n) is 2.93. The molecule has 0 fully saturated rings. The molecule has 7 heteroatoms. The number of anilines is 2. The zero-order valence-electron chi connectivity index (χ0n) is 14.2. The number of rotatable bonds is 4. The summed E-state index contributed by atoms with van der Waals surface area (Å²) in [6, 6.07) is 12.8. The zero-order chi connectivity index (χ0) is 18.0. The number of amides is 1. The molecule has 0 radical (unpaired) electrons. The third kappa shape index (κ3) is 3.99. The predicted octanol–water partition coefficient (Wildman–Crippen LogP) is 3.37. The van der Waals surface area contributed by atoms with Crippen LogP contribution in [0.1, 0.15) is 22.3 Å². The van der Waals surface area contributed by atoms with Gasteiger partial charge in [0.2, 0.25) is 10.0 Å². The third-order valence-electron chi connectivity index (χ3n) is 4.17. The van der Waals surface area contributed by atoms with Crippen LogP contribution in [-0.4, -0.2) is 33.4 Å². The summed E-state index contributed by atoms with van der Waals surface area (Å²) in [6.07, 6.45) is 4.73. The first-order valence-electron chi connectivity index (χ1n) is 7.94. The van der Waals surface area contributed by atoms with Gasteiger partial charge in [-0.05, 0) is 67.1 Å². The minimum atomic E-state index is -3.30. The summed E-state index contributed by atoms with van der Waals surface area (Å²) in [5.74, 6) is -0.198. The Bertz CT molecular complexity index is 893. The average molecular weight is 377 g/mol. The Kier molecular flexibility index (Phi) is 5.06. The van der Waals surface area contributed by atoms with Crippen molar-refractivity contribution in [3.8, 4) is 0 Å². The second-order valence-corrected chi connectivity index (χ2v) is 8.75. The van der Waals surface area contributed by atoms with Crippen LogP contribution in [0, 0.1) is 0 Å². The van der Waals surface area contributed by atoms with Gasteiger partial charge in [-0.25, -0.2) is 8.42 Å². The molecular formula is C18H20N2O3S2. The number of benzene rings is 2. The Hall–Kier alpha value is -1.99. The lowest BCUT2D eigenvalue weighted by Gasteiger charge is -2.29. The number of carbonyl (C=O) groups is 1. The van der Waals surface area contributed by atoms with Crippen molar-refractivity contribution in [2.75, 3.05) is 28.7 Å². The summed E-state index contributed by atoms with van der Waals surface area (Å²) >= 11 is 1.64. The number of fused-ring (bicyclic) bond motifs is 1. The van der Waals surface area contributed by atoms with Gasteiger partial charge in [-0.3, -0.25) is 9.10 Å². The van der Waals surface area contributed by atoms with E-state index in [9.17, 15) is 13.2 Å². The van der Waals surface area contributed by atoms with E-state index in [1.807, 2.05) is 30.5 Å². The molecule has 1 aliphatic rings. The van der Waals surface area contributed by atoms with Gasteiger partial charge in [-0.1, -0.05) is 0 Å². The normalized spacial score (nSPS) is 14.1. The maximum atomic E-state index is 12.5. The molecule has 0 saturated carbocycles. The van der Waals surface area contributed by atoms with Crippen molar-refractivity contribution in [1.82, 2.24) is 0 Å². The average Bonchev–Trinajstić information content (AvgIpc) is 2.60. The molecule has 0 bridgehead atoms. The lowest BCUT2D eigenvalue weighted by Crippen LogP contribution is -2.34. The van der Waals surface area contributed by atoms with Gasteiger partial charge in [0.25, 0.3) is 5.91 Å². The molecule has 0 atom stereocenters. The van der Waals surface area contributed by atoms with Gasteiger partial charge >= 0.3 is 0 Å². The Morgan fingerprint density at radius 2 is 1.88 bits per heavy atom. The molecular weight excluding hydrogens is 356 g/mol. The number of nitrogens with one attached hydrogen (secondary N) is 1. The molecule has 0 aliphatic carbocycles. The first kappa shape index (κ1) is 17.8. The van der Waals surface area contributed by atoms with E-state index >= 15 is 0 Å². The molecule has 2 aromatic rings. The molecule has 1 amide bonds. The van der Waals surface area contributed by atoms with Gasteiger partial charge in [0.15, 0.2) is 0 Å². The zero-order valence-corrected chi connectivity index (χ0v) is 15.8. The first-order chi connectivity index (χ1) is 11.9. The lowest BCUT2D eigenvalue weighted by atomic mass is 10.0. The van der Waals surface area contributed by atoms with Crippen molar-refractivity contribution in [1.29, 1.82) is 0 Å². The molecule has 25 heavy (non-hydrogen) atoms. The Balaban J connectivity index is 1.82. The SMILES string of the molecule is CSc1ccc(NC(=O)c2ccc3c(c2)CCCN3S(C)(=O)=O)cc1. The van der Waals surface area contributed by atoms with Crippen LogP contribution in [0.3, 0.4) is 0 Å². The third-order valence-corrected chi connectivity index (χ3v) is 6.09. The fourth-order valence-corrected chi connectivity index (χ4v) is 4.33. The van der Waals surface area contributed by atoms with Gasteiger partial charge in [-0.15, -0.1) is 11.8 Å². The molecule has 5 nitrogen and oxygen atoms in total. The Morgan fingerprint density at radius 1 is 1.16 bits per heavy atom. The van der Waals surface area contributed by atoms with E-state index < -0.39 is 10.0 Å². The molecule has 0 unspecified atom stereocenters. The fraction of sp³-hybridized carbons (Fsp3) is 0.278. The molecule has 1 aliphatic heterocycles. The van der Waals surface area contributed by atoms with Gasteiger partial charge in [0.1, 0.15) is 0 Å². The van der Waals surface area contributed by atoms with Crippen LogP contribution in [0.2, 0.25) is 0 Å². The quantitative estimate of drug-likeness (QED) is 0.831. The summed E-state index contributed by atoms with van der Waals surface area (Å²) in [7, 11) is -3.30. The number of sulfonamides is 1.